The molecule has 1 aromatic carbocycles. The van der Waals surface area contributed by atoms with Crippen LogP contribution in [-0.4, -0.2) is 13.0 Å². The van der Waals surface area contributed by atoms with Crippen molar-refractivity contribution in [2.24, 2.45) is 11.8 Å². The predicted molar refractivity (Wildman–Crippen MR) is 66.7 cm³/mol. The van der Waals surface area contributed by atoms with Crippen molar-refractivity contribution in [3.05, 3.63) is 29.8 Å². The summed E-state index contributed by atoms with van der Waals surface area (Å²) >= 11 is 0. The molecule has 0 heterocycles. The molecular weight excluding hydrogens is 214 g/mol. The number of carbonyl (C=O) groups excluding carboxylic acids is 1. The van der Waals surface area contributed by atoms with E-state index >= 15 is 0 Å². The van der Waals surface area contributed by atoms with Gasteiger partial charge in [-0.05, 0) is 24.8 Å². The molecule has 0 aromatic heterocycles. The number of carbonyl (C=O) groups is 1. The van der Waals surface area contributed by atoms with E-state index in [4.69, 9.17) is 4.74 Å². The highest BCUT2D eigenvalue weighted by atomic mass is 16.5. The first-order chi connectivity index (χ1) is 8.22. The van der Waals surface area contributed by atoms with Crippen LogP contribution in [0.3, 0.4) is 0 Å². The zero-order valence-electron chi connectivity index (χ0n) is 10.4. The molecule has 1 unspecified atom stereocenters. The largest absolute Gasteiger partial charge is 0.496 e. The zero-order chi connectivity index (χ0) is 12.3. The minimum absolute atomic E-state index is 0.143. The van der Waals surface area contributed by atoms with Crippen molar-refractivity contribution >= 4 is 5.91 Å². The van der Waals surface area contributed by atoms with Gasteiger partial charge in [0.15, 0.2) is 0 Å². The van der Waals surface area contributed by atoms with Crippen LogP contribution in [0.4, 0.5) is 0 Å². The van der Waals surface area contributed by atoms with Gasteiger partial charge in [-0.1, -0.05) is 25.1 Å². The average molecular weight is 233 g/mol. The van der Waals surface area contributed by atoms with E-state index < -0.39 is 0 Å². The number of benzene rings is 1. The molecule has 1 aliphatic rings. The molecule has 0 aliphatic heterocycles. The SMILES string of the molecule is COc1ccccc1CNC(=O)C(C)C1CC1. The highest BCUT2D eigenvalue weighted by Gasteiger charge is 2.32. The van der Waals surface area contributed by atoms with Crippen LogP contribution in [0.5, 0.6) is 5.75 Å². The van der Waals surface area contributed by atoms with Crippen molar-refractivity contribution < 1.29 is 9.53 Å². The molecule has 2 rings (SSSR count). The number of nitrogens with one attached hydrogen (secondary N) is 1. The Morgan fingerprint density at radius 2 is 2.18 bits per heavy atom. The molecule has 1 aliphatic carbocycles. The Bertz CT molecular complexity index is 399. The summed E-state index contributed by atoms with van der Waals surface area (Å²) in [6.07, 6.45) is 2.40. The number of ether oxygens (including phenoxy) is 1. The summed E-state index contributed by atoms with van der Waals surface area (Å²) in [4.78, 5) is 11.8. The van der Waals surface area contributed by atoms with Crippen molar-refractivity contribution in [2.75, 3.05) is 7.11 Å². The molecule has 3 heteroatoms. The first-order valence-electron chi connectivity index (χ1n) is 6.12. The second-order valence-corrected chi connectivity index (χ2v) is 4.66. The van der Waals surface area contributed by atoms with Crippen LogP contribution in [0.2, 0.25) is 0 Å². The minimum Gasteiger partial charge on any atom is -0.496 e. The highest BCUT2D eigenvalue weighted by Crippen LogP contribution is 2.36. The van der Waals surface area contributed by atoms with Crippen LogP contribution in [0.25, 0.3) is 0 Å². The van der Waals surface area contributed by atoms with Gasteiger partial charge in [-0.2, -0.15) is 0 Å². The van der Waals surface area contributed by atoms with E-state index in [0.717, 1.165) is 11.3 Å². The Labute approximate surface area is 102 Å². The molecule has 17 heavy (non-hydrogen) atoms. The standard InChI is InChI=1S/C14H19NO2/c1-10(11-7-8-11)14(16)15-9-12-5-3-4-6-13(12)17-2/h3-6,10-11H,7-9H2,1-2H3,(H,15,16). The lowest BCUT2D eigenvalue weighted by Gasteiger charge is -2.12. The Hall–Kier alpha value is -1.51. The molecule has 1 aromatic rings. The van der Waals surface area contributed by atoms with Crippen LogP contribution in [0.15, 0.2) is 24.3 Å². The van der Waals surface area contributed by atoms with E-state index in [1.54, 1.807) is 7.11 Å². The Kier molecular flexibility index (Phi) is 3.67. The fraction of sp³-hybridized carbons (Fsp3) is 0.500. The number of rotatable bonds is 5. The molecule has 1 amide bonds. The lowest BCUT2D eigenvalue weighted by atomic mass is 10.1. The van der Waals surface area contributed by atoms with Gasteiger partial charge >= 0.3 is 0 Å². The maximum atomic E-state index is 11.8. The minimum atomic E-state index is 0.143. The highest BCUT2D eigenvalue weighted by molar-refractivity contribution is 5.78. The molecule has 1 atom stereocenters. The second kappa shape index (κ2) is 5.21. The van der Waals surface area contributed by atoms with Gasteiger partial charge in [0, 0.05) is 18.0 Å². The summed E-state index contributed by atoms with van der Waals surface area (Å²) in [5.41, 5.74) is 1.02. The van der Waals surface area contributed by atoms with Gasteiger partial charge in [0.25, 0.3) is 0 Å². The molecule has 0 radical (unpaired) electrons. The zero-order valence-corrected chi connectivity index (χ0v) is 10.4. The molecule has 0 saturated heterocycles. The van der Waals surface area contributed by atoms with Gasteiger partial charge in [0.05, 0.1) is 7.11 Å². The topological polar surface area (TPSA) is 38.3 Å². The Morgan fingerprint density at radius 3 is 2.82 bits per heavy atom. The molecule has 1 saturated carbocycles. The maximum absolute atomic E-state index is 11.8. The van der Waals surface area contributed by atoms with Crippen LogP contribution in [0, 0.1) is 11.8 Å². The van der Waals surface area contributed by atoms with Crippen LogP contribution in [-0.2, 0) is 11.3 Å². The molecule has 1 fully saturated rings. The van der Waals surface area contributed by atoms with E-state index in [-0.39, 0.29) is 11.8 Å². The third kappa shape index (κ3) is 2.99. The average Bonchev–Trinajstić information content (AvgIpc) is 3.19. The van der Waals surface area contributed by atoms with Crippen LogP contribution >= 0.6 is 0 Å². The number of amides is 1. The fourth-order valence-electron chi connectivity index (χ4n) is 2.00. The first-order valence-corrected chi connectivity index (χ1v) is 6.12. The van der Waals surface area contributed by atoms with E-state index in [1.165, 1.54) is 12.8 Å². The lowest BCUT2D eigenvalue weighted by molar-refractivity contribution is -0.125. The third-order valence-corrected chi connectivity index (χ3v) is 3.39. The molecule has 1 N–H and O–H groups in total. The second-order valence-electron chi connectivity index (χ2n) is 4.66. The van der Waals surface area contributed by atoms with Gasteiger partial charge in [0.1, 0.15) is 5.75 Å². The van der Waals surface area contributed by atoms with Gasteiger partial charge in [-0.15, -0.1) is 0 Å². The monoisotopic (exact) mass is 233 g/mol. The number of hydrogen-bond acceptors (Lipinski definition) is 2. The smallest absolute Gasteiger partial charge is 0.223 e. The quantitative estimate of drug-likeness (QED) is 0.847. The van der Waals surface area contributed by atoms with Gasteiger partial charge < -0.3 is 10.1 Å². The summed E-state index contributed by atoms with van der Waals surface area (Å²) in [5.74, 6) is 1.72. The first kappa shape index (κ1) is 12.0. The number of methoxy groups -OCH3 is 1. The Balaban J connectivity index is 1.90. The van der Waals surface area contributed by atoms with Gasteiger partial charge in [-0.25, -0.2) is 0 Å². The van der Waals surface area contributed by atoms with Crippen LogP contribution in [0.1, 0.15) is 25.3 Å². The molecule has 3 nitrogen and oxygen atoms in total. The molecular formula is C14H19NO2. The normalized spacial score (nSPS) is 16.4. The summed E-state index contributed by atoms with van der Waals surface area (Å²) in [7, 11) is 1.65. The van der Waals surface area contributed by atoms with Gasteiger partial charge in [0.2, 0.25) is 5.91 Å². The van der Waals surface area contributed by atoms with Crippen molar-refractivity contribution in [3.63, 3.8) is 0 Å². The predicted octanol–water partition coefficient (Wildman–Crippen LogP) is 2.36. The van der Waals surface area contributed by atoms with Crippen molar-refractivity contribution in [2.45, 2.75) is 26.3 Å². The van der Waals surface area contributed by atoms with Crippen molar-refractivity contribution in [1.82, 2.24) is 5.32 Å². The van der Waals surface area contributed by atoms with E-state index in [0.29, 0.717) is 12.5 Å². The summed E-state index contributed by atoms with van der Waals surface area (Å²) in [6.45, 7) is 2.55. The summed E-state index contributed by atoms with van der Waals surface area (Å²) < 4.78 is 5.25. The van der Waals surface area contributed by atoms with Crippen LogP contribution < -0.4 is 10.1 Å². The van der Waals surface area contributed by atoms with E-state index in [1.807, 2.05) is 31.2 Å². The number of hydrogen-bond donors (Lipinski definition) is 1. The number of para-hydroxylation sites is 1. The summed E-state index contributed by atoms with van der Waals surface area (Å²) in [5, 5.41) is 2.98. The summed E-state index contributed by atoms with van der Waals surface area (Å²) in [6, 6.07) is 7.76. The van der Waals surface area contributed by atoms with Gasteiger partial charge in [-0.3, -0.25) is 4.79 Å². The molecule has 92 valence electrons. The fourth-order valence-corrected chi connectivity index (χ4v) is 2.00. The lowest BCUT2D eigenvalue weighted by Crippen LogP contribution is -2.29. The maximum Gasteiger partial charge on any atom is 0.223 e. The third-order valence-electron chi connectivity index (χ3n) is 3.39. The Morgan fingerprint density at radius 1 is 1.47 bits per heavy atom. The van der Waals surface area contributed by atoms with E-state index in [2.05, 4.69) is 5.32 Å². The van der Waals surface area contributed by atoms with Crippen molar-refractivity contribution in [3.8, 4) is 5.75 Å². The van der Waals surface area contributed by atoms with E-state index in [9.17, 15) is 4.79 Å². The van der Waals surface area contributed by atoms with Crippen molar-refractivity contribution in [1.29, 1.82) is 0 Å². The molecule has 0 spiro atoms. The molecule has 0 bridgehead atoms.